The lowest BCUT2D eigenvalue weighted by Crippen LogP contribution is -2.61. The third-order valence-electron chi connectivity index (χ3n) is 8.01. The van der Waals surface area contributed by atoms with E-state index in [1.54, 1.807) is 0 Å². The van der Waals surface area contributed by atoms with Crippen LogP contribution < -0.4 is 5.46 Å². The van der Waals surface area contributed by atoms with Crippen molar-refractivity contribution in [2.24, 2.45) is 28.8 Å². The number of aliphatic hydroxyl groups is 1. The summed E-state index contributed by atoms with van der Waals surface area (Å²) < 4.78 is 6.13. The summed E-state index contributed by atoms with van der Waals surface area (Å²) in [5.74, 6) is 2.25. The first kappa shape index (κ1) is 16.0. The van der Waals surface area contributed by atoms with Crippen LogP contribution in [0.5, 0.6) is 0 Å². The fourth-order valence-corrected chi connectivity index (χ4v) is 7.32. The summed E-state index contributed by atoms with van der Waals surface area (Å²) in [7, 11) is -0.111. The molecule has 2 aromatic heterocycles. The smallest absolute Gasteiger partial charge is 0.412 e. The fourth-order valence-electron chi connectivity index (χ4n) is 7.32. The van der Waals surface area contributed by atoms with Gasteiger partial charge >= 0.3 is 7.05 Å². The van der Waals surface area contributed by atoms with Crippen LogP contribution in [0, 0.1) is 23.7 Å². The molecule has 2 N–H and O–H groups in total. The number of rotatable bonds is 1. The van der Waals surface area contributed by atoms with E-state index in [-0.39, 0.29) is 7.05 Å². The quantitative estimate of drug-likeness (QED) is 0.746. The number of nitrogens with zero attached hydrogens (tertiary/aromatic N) is 3. The Labute approximate surface area is 164 Å². The third kappa shape index (κ3) is 2.06. The summed E-state index contributed by atoms with van der Waals surface area (Å²) in [6.07, 6.45) is 10.4. The van der Waals surface area contributed by atoms with Crippen LogP contribution in [0.2, 0.25) is 0 Å². The second kappa shape index (κ2) is 5.39. The molecule has 8 rings (SSSR count). The minimum absolute atomic E-state index is 0.111. The summed E-state index contributed by atoms with van der Waals surface area (Å²) in [5, 5.41) is 17.5. The zero-order chi connectivity index (χ0) is 18.5. The molecule has 0 amide bonds. The first-order chi connectivity index (χ1) is 13.7. The van der Waals surface area contributed by atoms with E-state index >= 15 is 0 Å². The predicted molar refractivity (Wildman–Crippen MR) is 107 cm³/mol. The molecule has 5 atom stereocenters. The topological polar surface area (TPSA) is 73.7 Å². The Balaban J connectivity index is 1.41. The maximum Gasteiger partial charge on any atom is 0.471 e. The molecule has 4 heterocycles. The van der Waals surface area contributed by atoms with Gasteiger partial charge in [0.1, 0.15) is 5.65 Å². The highest BCUT2D eigenvalue weighted by Gasteiger charge is 2.57. The van der Waals surface area contributed by atoms with E-state index < -0.39 is 5.60 Å². The molecule has 0 radical (unpaired) electrons. The van der Waals surface area contributed by atoms with Crippen LogP contribution in [0.1, 0.15) is 44.1 Å². The van der Waals surface area contributed by atoms with Gasteiger partial charge in [0, 0.05) is 47.9 Å². The standard InChI is InChI=1S/C21H25BN4O2/c27-21-8-12-6-13(9-21)17(14(7-12)10-21)19-18-15-2-3-23-20(15)24-11-16(18)22-26(25-19)4-1-5-28-22/h2-3,11-14,17,27H,1,4-10H2,(H,23,24)/t12?,13-,14+,17?,21?. The lowest BCUT2D eigenvalue weighted by atomic mass is 9.48. The Bertz CT molecular complexity index is 987. The number of fused-ring (bicyclic) bond motifs is 5. The number of nitrogens with one attached hydrogen (secondary N) is 1. The summed E-state index contributed by atoms with van der Waals surface area (Å²) in [6.45, 7) is 1.72. The number of hydrogen-bond donors (Lipinski definition) is 2. The van der Waals surface area contributed by atoms with Gasteiger partial charge in [-0.05, 0) is 62.3 Å². The van der Waals surface area contributed by atoms with Crippen molar-refractivity contribution in [2.75, 3.05) is 13.2 Å². The Morgan fingerprint density at radius 2 is 2.11 bits per heavy atom. The summed E-state index contributed by atoms with van der Waals surface area (Å²) in [6, 6.07) is 2.14. The SMILES string of the molecule is OC12CC3C[C@H](C1)C(C1=NN4CCCOB4c4cnc5[nH]ccc5c41)[C@@H](C3)C2. The van der Waals surface area contributed by atoms with Crippen LogP contribution in [0.25, 0.3) is 11.0 Å². The van der Waals surface area contributed by atoms with E-state index in [1.807, 2.05) is 12.4 Å². The molecule has 4 bridgehead atoms. The molecule has 2 aromatic rings. The number of hydrazone groups is 1. The van der Waals surface area contributed by atoms with E-state index in [2.05, 4.69) is 21.0 Å². The molecule has 28 heavy (non-hydrogen) atoms. The van der Waals surface area contributed by atoms with E-state index in [1.165, 1.54) is 29.6 Å². The number of hydrogen-bond acceptors (Lipinski definition) is 5. The Hall–Kier alpha value is -1.86. The minimum atomic E-state index is -0.413. The van der Waals surface area contributed by atoms with Gasteiger partial charge in [-0.25, -0.2) is 4.98 Å². The summed E-state index contributed by atoms with van der Waals surface area (Å²) >= 11 is 0. The Morgan fingerprint density at radius 3 is 2.93 bits per heavy atom. The summed E-state index contributed by atoms with van der Waals surface area (Å²) in [5.41, 5.74) is 4.17. The van der Waals surface area contributed by atoms with Gasteiger partial charge in [0.15, 0.2) is 0 Å². The van der Waals surface area contributed by atoms with Crippen molar-refractivity contribution in [3.05, 3.63) is 24.0 Å². The minimum Gasteiger partial charge on any atom is -0.412 e. The van der Waals surface area contributed by atoms with E-state index in [0.717, 1.165) is 49.9 Å². The monoisotopic (exact) mass is 376 g/mol. The van der Waals surface area contributed by atoms with Crippen LogP contribution >= 0.6 is 0 Å². The van der Waals surface area contributed by atoms with E-state index in [9.17, 15) is 5.11 Å². The molecule has 144 valence electrons. The molecule has 5 fully saturated rings. The highest BCUT2D eigenvalue weighted by Crippen LogP contribution is 2.59. The molecule has 1 saturated heterocycles. The van der Waals surface area contributed by atoms with Gasteiger partial charge in [-0.3, -0.25) is 0 Å². The van der Waals surface area contributed by atoms with Crippen molar-refractivity contribution >= 4 is 29.3 Å². The van der Waals surface area contributed by atoms with Crippen molar-refractivity contribution in [3.63, 3.8) is 0 Å². The second-order valence-electron chi connectivity index (χ2n) is 9.77. The molecular formula is C21H25BN4O2. The molecule has 7 heteroatoms. The average Bonchev–Trinajstić information content (AvgIpc) is 3.15. The highest BCUT2D eigenvalue weighted by molar-refractivity contribution is 6.67. The zero-order valence-corrected chi connectivity index (χ0v) is 16.0. The maximum atomic E-state index is 11.1. The molecule has 0 aromatic carbocycles. The number of H-pyrrole nitrogens is 1. The normalized spacial score (nSPS) is 38.5. The van der Waals surface area contributed by atoms with Crippen LogP contribution in [0.3, 0.4) is 0 Å². The number of aromatic nitrogens is 2. The summed E-state index contributed by atoms with van der Waals surface area (Å²) in [4.78, 5) is 10.1. The average molecular weight is 376 g/mol. The zero-order valence-electron chi connectivity index (χ0n) is 16.0. The van der Waals surface area contributed by atoms with Gasteiger partial charge in [-0.15, -0.1) is 0 Å². The highest BCUT2D eigenvalue weighted by atomic mass is 16.4. The van der Waals surface area contributed by atoms with Gasteiger partial charge in [0.25, 0.3) is 0 Å². The van der Waals surface area contributed by atoms with E-state index in [4.69, 9.17) is 9.76 Å². The van der Waals surface area contributed by atoms with Crippen LogP contribution in [-0.2, 0) is 4.65 Å². The third-order valence-corrected chi connectivity index (χ3v) is 8.01. The fraction of sp³-hybridized carbons (Fsp3) is 0.619. The molecule has 4 saturated carbocycles. The first-order valence-corrected chi connectivity index (χ1v) is 10.8. The molecule has 2 aliphatic heterocycles. The van der Waals surface area contributed by atoms with Crippen molar-refractivity contribution in [1.29, 1.82) is 0 Å². The van der Waals surface area contributed by atoms with Crippen molar-refractivity contribution in [1.82, 2.24) is 14.9 Å². The lowest BCUT2D eigenvalue weighted by molar-refractivity contribution is -0.138. The van der Waals surface area contributed by atoms with Crippen molar-refractivity contribution in [3.8, 4) is 0 Å². The Kier molecular flexibility index (Phi) is 3.08. The molecule has 6 aliphatic rings. The first-order valence-electron chi connectivity index (χ1n) is 10.8. The second-order valence-corrected chi connectivity index (χ2v) is 9.77. The van der Waals surface area contributed by atoms with Gasteiger partial charge < -0.3 is 19.7 Å². The van der Waals surface area contributed by atoms with Crippen LogP contribution in [0.4, 0.5) is 0 Å². The largest absolute Gasteiger partial charge is 0.471 e. The Morgan fingerprint density at radius 1 is 1.25 bits per heavy atom. The van der Waals surface area contributed by atoms with Gasteiger partial charge in [-0.1, -0.05) is 0 Å². The number of pyridine rings is 1. The molecule has 6 nitrogen and oxygen atoms in total. The predicted octanol–water partition coefficient (Wildman–Crippen LogP) is 1.89. The van der Waals surface area contributed by atoms with Gasteiger partial charge in [0.05, 0.1) is 11.3 Å². The number of aromatic amines is 1. The van der Waals surface area contributed by atoms with Gasteiger partial charge in [-0.2, -0.15) is 5.10 Å². The lowest BCUT2D eigenvalue weighted by Gasteiger charge is -2.58. The van der Waals surface area contributed by atoms with Crippen molar-refractivity contribution in [2.45, 2.75) is 44.1 Å². The van der Waals surface area contributed by atoms with Gasteiger partial charge in [0.2, 0.25) is 0 Å². The molecule has 3 unspecified atom stereocenters. The molecule has 0 spiro atoms. The van der Waals surface area contributed by atoms with Crippen molar-refractivity contribution < 1.29 is 9.76 Å². The van der Waals surface area contributed by atoms with E-state index in [0.29, 0.717) is 23.7 Å². The van der Waals surface area contributed by atoms with Crippen LogP contribution in [0.15, 0.2) is 23.6 Å². The molecule has 4 aliphatic carbocycles. The molecular weight excluding hydrogens is 351 g/mol. The maximum absolute atomic E-state index is 11.1. The van der Waals surface area contributed by atoms with Crippen LogP contribution in [-0.4, -0.2) is 51.5 Å².